The Kier molecular flexibility index (Phi) is 6.61. The van der Waals surface area contributed by atoms with Gasteiger partial charge in [-0.05, 0) is 55.2 Å². The van der Waals surface area contributed by atoms with Gasteiger partial charge in [-0.1, -0.05) is 54.1 Å². The number of nitrogens with zero attached hydrogens (tertiary/aromatic N) is 2. The van der Waals surface area contributed by atoms with Gasteiger partial charge in [0.25, 0.3) is 5.91 Å². The van der Waals surface area contributed by atoms with Crippen molar-refractivity contribution in [2.75, 3.05) is 12.4 Å². The number of methoxy groups -OCH3 is 1. The van der Waals surface area contributed by atoms with E-state index in [0.29, 0.717) is 21.5 Å². The van der Waals surface area contributed by atoms with Crippen LogP contribution in [0, 0.1) is 5.92 Å². The molecule has 2 aromatic heterocycles. The van der Waals surface area contributed by atoms with Crippen molar-refractivity contribution < 1.29 is 9.53 Å². The van der Waals surface area contributed by atoms with Gasteiger partial charge in [-0.25, -0.2) is 4.98 Å². The third kappa shape index (κ3) is 4.33. The van der Waals surface area contributed by atoms with Gasteiger partial charge in [0.15, 0.2) is 5.82 Å². The number of fused-ring (bicyclic) bond motifs is 3. The minimum absolute atomic E-state index is 0.254. The summed E-state index contributed by atoms with van der Waals surface area (Å²) in [7, 11) is 1.65. The molecule has 176 valence electrons. The minimum atomic E-state index is -0.318. The zero-order valence-corrected chi connectivity index (χ0v) is 21.0. The molecule has 0 saturated heterocycles. The van der Waals surface area contributed by atoms with Gasteiger partial charge in [-0.2, -0.15) is 0 Å². The van der Waals surface area contributed by atoms with Crippen molar-refractivity contribution in [1.29, 1.82) is 0 Å². The molecule has 0 atom stereocenters. The van der Waals surface area contributed by atoms with Crippen molar-refractivity contribution in [2.24, 2.45) is 5.92 Å². The molecule has 0 aliphatic heterocycles. The molecular weight excluding hydrogens is 493 g/mol. The fourth-order valence-corrected chi connectivity index (χ4v) is 5.63. The highest BCUT2D eigenvalue weighted by molar-refractivity contribution is 6.36. The lowest BCUT2D eigenvalue weighted by Crippen LogP contribution is -2.15. The van der Waals surface area contributed by atoms with Crippen molar-refractivity contribution in [1.82, 2.24) is 9.55 Å². The Balaban J connectivity index is 1.69. The number of hydrogen-bond donors (Lipinski definition) is 1. The fraction of sp³-hybridized carbons (Fsp3) is 0.308. The summed E-state index contributed by atoms with van der Waals surface area (Å²) in [6.45, 7) is 0.869. The Labute approximate surface area is 213 Å². The van der Waals surface area contributed by atoms with Gasteiger partial charge in [0.05, 0.1) is 28.2 Å². The molecule has 1 fully saturated rings. The van der Waals surface area contributed by atoms with Gasteiger partial charge >= 0.3 is 0 Å². The number of pyridine rings is 1. The molecule has 1 aliphatic carbocycles. The van der Waals surface area contributed by atoms with E-state index in [1.165, 1.54) is 38.3 Å². The number of benzene rings is 2. The number of halogens is 3. The summed E-state index contributed by atoms with van der Waals surface area (Å²) < 4.78 is 8.06. The Morgan fingerprint density at radius 1 is 1.09 bits per heavy atom. The van der Waals surface area contributed by atoms with E-state index in [1.54, 1.807) is 19.2 Å². The zero-order valence-electron chi connectivity index (χ0n) is 18.7. The van der Waals surface area contributed by atoms with E-state index in [2.05, 4.69) is 14.9 Å². The number of amides is 1. The van der Waals surface area contributed by atoms with E-state index < -0.39 is 0 Å². The van der Waals surface area contributed by atoms with Crippen molar-refractivity contribution >= 4 is 68.3 Å². The molecule has 0 bridgehead atoms. The maximum atomic E-state index is 13.5. The molecule has 0 unspecified atom stereocenters. The molecule has 1 aliphatic rings. The summed E-state index contributed by atoms with van der Waals surface area (Å²) in [6.07, 6.45) is 7.67. The number of nitrogens with one attached hydrogen (secondary N) is 1. The Morgan fingerprint density at radius 2 is 1.88 bits per heavy atom. The molecule has 0 spiro atoms. The highest BCUT2D eigenvalue weighted by Gasteiger charge is 2.24. The van der Waals surface area contributed by atoms with E-state index in [-0.39, 0.29) is 16.7 Å². The van der Waals surface area contributed by atoms with Gasteiger partial charge in [0.2, 0.25) is 0 Å². The van der Waals surface area contributed by atoms with Gasteiger partial charge < -0.3 is 14.6 Å². The summed E-state index contributed by atoms with van der Waals surface area (Å²) in [5.74, 6) is 1.24. The smallest absolute Gasteiger partial charge is 0.257 e. The monoisotopic (exact) mass is 515 g/mol. The molecular formula is C26H24Cl3N3O2. The maximum absolute atomic E-state index is 13.5. The molecule has 0 radical (unpaired) electrons. The maximum Gasteiger partial charge on any atom is 0.257 e. The number of hydrogen-bond acceptors (Lipinski definition) is 3. The van der Waals surface area contributed by atoms with Crippen LogP contribution in [0.1, 0.15) is 42.5 Å². The SMILES string of the molecule is COc1ccc(C(=O)Nc2ncc(Cl)cc2Cl)c2c3cc(Cl)ccc3n(CC3CCCCC3)c12. The predicted octanol–water partition coefficient (Wildman–Crippen LogP) is 7.99. The standard InChI is InChI=1S/C26H24Cl3N3O2/c1-34-22-10-8-18(26(33)31-25-20(29)12-17(28)13-30-25)23-19-11-16(27)7-9-21(19)32(24(22)23)14-15-5-3-2-4-6-15/h7-13,15H,2-6,14H2,1H3,(H,30,31,33). The molecule has 34 heavy (non-hydrogen) atoms. The summed E-state index contributed by atoms with van der Waals surface area (Å²) in [5, 5.41) is 5.83. The van der Waals surface area contributed by atoms with E-state index in [9.17, 15) is 4.79 Å². The third-order valence-corrected chi connectivity index (χ3v) is 7.33. The lowest BCUT2D eigenvalue weighted by atomic mass is 9.89. The second-order valence-corrected chi connectivity index (χ2v) is 10.0. The first-order valence-corrected chi connectivity index (χ1v) is 12.5. The molecule has 2 aromatic carbocycles. The van der Waals surface area contributed by atoms with Crippen LogP contribution in [0.15, 0.2) is 42.6 Å². The number of ether oxygens (including phenoxy) is 1. The molecule has 1 saturated carbocycles. The molecule has 4 aromatic rings. The number of rotatable bonds is 5. The molecule has 1 N–H and O–H groups in total. The quantitative estimate of drug-likeness (QED) is 0.292. The molecule has 1 amide bonds. The van der Waals surface area contributed by atoms with Crippen molar-refractivity contribution in [3.05, 3.63) is 63.2 Å². The van der Waals surface area contributed by atoms with Gasteiger partial charge in [-0.15, -0.1) is 0 Å². The van der Waals surface area contributed by atoms with Gasteiger partial charge in [-0.3, -0.25) is 4.79 Å². The third-order valence-electron chi connectivity index (χ3n) is 6.60. The van der Waals surface area contributed by atoms with Gasteiger partial charge in [0, 0.05) is 34.1 Å². The first-order chi connectivity index (χ1) is 16.5. The second-order valence-electron chi connectivity index (χ2n) is 8.75. The first-order valence-electron chi connectivity index (χ1n) is 11.4. The van der Waals surface area contributed by atoms with Crippen LogP contribution in [-0.4, -0.2) is 22.6 Å². The lowest BCUT2D eigenvalue weighted by Gasteiger charge is -2.23. The summed E-state index contributed by atoms with van der Waals surface area (Å²) in [4.78, 5) is 17.6. The number of carbonyl (C=O) groups excluding carboxylic acids is 1. The summed E-state index contributed by atoms with van der Waals surface area (Å²) in [6, 6.07) is 11.0. The highest BCUT2D eigenvalue weighted by Crippen LogP contribution is 2.40. The van der Waals surface area contributed by atoms with E-state index in [1.807, 2.05) is 24.3 Å². The predicted molar refractivity (Wildman–Crippen MR) is 140 cm³/mol. The van der Waals surface area contributed by atoms with E-state index >= 15 is 0 Å². The van der Waals surface area contributed by atoms with Crippen LogP contribution in [0.25, 0.3) is 21.8 Å². The Morgan fingerprint density at radius 3 is 2.62 bits per heavy atom. The highest BCUT2D eigenvalue weighted by atomic mass is 35.5. The fourth-order valence-electron chi connectivity index (χ4n) is 5.03. The average molecular weight is 517 g/mol. The van der Waals surface area contributed by atoms with Crippen LogP contribution in [0.5, 0.6) is 5.75 Å². The van der Waals surface area contributed by atoms with Crippen LogP contribution in [0.4, 0.5) is 5.82 Å². The van der Waals surface area contributed by atoms with Crippen molar-refractivity contribution in [3.8, 4) is 5.75 Å². The normalized spacial score (nSPS) is 14.6. The number of carbonyl (C=O) groups is 1. The van der Waals surface area contributed by atoms with Crippen LogP contribution in [-0.2, 0) is 6.54 Å². The Bertz CT molecular complexity index is 1390. The minimum Gasteiger partial charge on any atom is -0.495 e. The van der Waals surface area contributed by atoms with Crippen LogP contribution in [0.2, 0.25) is 15.1 Å². The van der Waals surface area contributed by atoms with Gasteiger partial charge in [0.1, 0.15) is 5.75 Å². The zero-order chi connectivity index (χ0) is 23.8. The number of anilines is 1. The molecule has 5 nitrogen and oxygen atoms in total. The average Bonchev–Trinajstić information content (AvgIpc) is 3.14. The van der Waals surface area contributed by atoms with Crippen LogP contribution < -0.4 is 10.1 Å². The lowest BCUT2D eigenvalue weighted by molar-refractivity contribution is 0.102. The number of aromatic nitrogens is 2. The molecule has 5 rings (SSSR count). The second kappa shape index (κ2) is 9.65. The largest absolute Gasteiger partial charge is 0.495 e. The Hall–Kier alpha value is -2.47. The first kappa shape index (κ1) is 23.3. The van der Waals surface area contributed by atoms with Crippen molar-refractivity contribution in [3.63, 3.8) is 0 Å². The van der Waals surface area contributed by atoms with Crippen molar-refractivity contribution in [2.45, 2.75) is 38.6 Å². The van der Waals surface area contributed by atoms with Crippen LogP contribution >= 0.6 is 34.8 Å². The van der Waals surface area contributed by atoms with E-state index in [4.69, 9.17) is 39.5 Å². The topological polar surface area (TPSA) is 56.1 Å². The molecule has 8 heteroatoms. The summed E-state index contributed by atoms with van der Waals surface area (Å²) >= 11 is 18.6. The van der Waals surface area contributed by atoms with E-state index in [0.717, 1.165) is 34.1 Å². The molecule has 2 heterocycles. The van der Waals surface area contributed by atoms with Crippen LogP contribution in [0.3, 0.4) is 0 Å². The summed E-state index contributed by atoms with van der Waals surface area (Å²) in [5.41, 5.74) is 2.43.